The Morgan fingerprint density at radius 3 is 2.52 bits per heavy atom. The lowest BCUT2D eigenvalue weighted by Gasteiger charge is -2.25. The highest BCUT2D eigenvalue weighted by Crippen LogP contribution is 2.13. The van der Waals surface area contributed by atoms with Gasteiger partial charge in [-0.1, -0.05) is 6.42 Å². The van der Waals surface area contributed by atoms with Crippen molar-refractivity contribution in [3.8, 4) is 0 Å². The van der Waals surface area contributed by atoms with E-state index in [-0.39, 0.29) is 17.9 Å². The molecule has 25 heavy (non-hydrogen) atoms. The first kappa shape index (κ1) is 17.9. The van der Waals surface area contributed by atoms with Crippen LogP contribution in [0.2, 0.25) is 0 Å². The summed E-state index contributed by atoms with van der Waals surface area (Å²) < 4.78 is 5.50. The minimum atomic E-state index is -0.110. The van der Waals surface area contributed by atoms with Crippen LogP contribution in [0.1, 0.15) is 42.5 Å². The average Bonchev–Trinajstić information content (AvgIpc) is 3.14. The minimum absolute atomic E-state index is 0.00233. The van der Waals surface area contributed by atoms with Crippen LogP contribution in [0.25, 0.3) is 0 Å². The van der Waals surface area contributed by atoms with Crippen molar-refractivity contribution in [2.24, 2.45) is 0 Å². The second-order valence-electron chi connectivity index (χ2n) is 6.81. The highest BCUT2D eigenvalue weighted by molar-refractivity contribution is 5.96. The van der Waals surface area contributed by atoms with Gasteiger partial charge in [-0.2, -0.15) is 0 Å². The number of ether oxygens (including phenoxy) is 1. The summed E-state index contributed by atoms with van der Waals surface area (Å²) in [5.41, 5.74) is 1.31. The second-order valence-corrected chi connectivity index (χ2v) is 6.81. The lowest BCUT2D eigenvalue weighted by atomic mass is 10.1. The van der Waals surface area contributed by atoms with Gasteiger partial charge >= 0.3 is 0 Å². The van der Waals surface area contributed by atoms with E-state index in [1.807, 2.05) is 0 Å². The third-order valence-corrected chi connectivity index (χ3v) is 4.76. The molecule has 1 aromatic carbocycles. The Kier molecular flexibility index (Phi) is 6.42. The van der Waals surface area contributed by atoms with Crippen LogP contribution in [0.5, 0.6) is 0 Å². The van der Waals surface area contributed by atoms with Gasteiger partial charge in [0.1, 0.15) is 0 Å². The van der Waals surface area contributed by atoms with Gasteiger partial charge in [0.25, 0.3) is 5.91 Å². The maximum Gasteiger partial charge on any atom is 0.251 e. The highest BCUT2D eigenvalue weighted by Gasteiger charge is 2.17. The van der Waals surface area contributed by atoms with Crippen molar-refractivity contribution in [3.05, 3.63) is 29.8 Å². The zero-order valence-electron chi connectivity index (χ0n) is 14.6. The number of hydrogen-bond donors (Lipinski definition) is 2. The summed E-state index contributed by atoms with van der Waals surface area (Å²) in [6.07, 6.45) is 5.80. The molecule has 0 aromatic heterocycles. The molecule has 2 aliphatic rings. The zero-order valence-corrected chi connectivity index (χ0v) is 14.6. The first-order valence-corrected chi connectivity index (χ1v) is 9.23. The standard InChI is InChI=1S/C19H27N3O3/c23-18(14-22-10-2-1-3-11-22)21-16-8-6-15(7-9-16)19(24)20-13-17-5-4-12-25-17/h6-9,17H,1-5,10-14H2,(H,20,24)(H,21,23). The normalized spacial score (nSPS) is 21.0. The minimum Gasteiger partial charge on any atom is -0.376 e. The van der Waals surface area contributed by atoms with Crippen molar-refractivity contribution in [2.45, 2.75) is 38.2 Å². The molecule has 0 radical (unpaired) electrons. The molecule has 3 rings (SSSR count). The lowest BCUT2D eigenvalue weighted by Crippen LogP contribution is -2.36. The largest absolute Gasteiger partial charge is 0.376 e. The van der Waals surface area contributed by atoms with Gasteiger partial charge in [-0.25, -0.2) is 0 Å². The molecule has 0 spiro atoms. The molecule has 6 nitrogen and oxygen atoms in total. The Morgan fingerprint density at radius 1 is 1.08 bits per heavy atom. The number of carbonyl (C=O) groups is 2. The quantitative estimate of drug-likeness (QED) is 0.827. The summed E-state index contributed by atoms with van der Waals surface area (Å²) in [7, 11) is 0. The number of anilines is 1. The summed E-state index contributed by atoms with van der Waals surface area (Å²) >= 11 is 0. The van der Waals surface area contributed by atoms with Crippen molar-refractivity contribution in [1.29, 1.82) is 0 Å². The van der Waals surface area contributed by atoms with Gasteiger partial charge < -0.3 is 15.4 Å². The monoisotopic (exact) mass is 345 g/mol. The summed E-state index contributed by atoms with van der Waals surface area (Å²) in [4.78, 5) is 26.4. The van der Waals surface area contributed by atoms with E-state index in [1.165, 1.54) is 19.3 Å². The van der Waals surface area contributed by atoms with E-state index in [0.717, 1.165) is 38.2 Å². The predicted octanol–water partition coefficient (Wildman–Crippen LogP) is 2.02. The fraction of sp³-hybridized carbons (Fsp3) is 0.579. The number of rotatable bonds is 6. The molecule has 2 N–H and O–H groups in total. The number of piperidine rings is 1. The molecule has 0 aliphatic carbocycles. The Bertz CT molecular complexity index is 576. The number of nitrogens with zero attached hydrogens (tertiary/aromatic N) is 1. The van der Waals surface area contributed by atoms with Crippen LogP contribution in [-0.4, -0.2) is 55.6 Å². The van der Waals surface area contributed by atoms with Gasteiger partial charge in [0.05, 0.1) is 12.6 Å². The third kappa shape index (κ3) is 5.54. The van der Waals surface area contributed by atoms with Gasteiger partial charge in [0, 0.05) is 24.4 Å². The smallest absolute Gasteiger partial charge is 0.251 e. The number of likely N-dealkylation sites (tertiary alicyclic amines) is 1. The van der Waals surface area contributed by atoms with Crippen molar-refractivity contribution in [2.75, 3.05) is 38.1 Å². The number of benzene rings is 1. The molecule has 6 heteroatoms. The fourth-order valence-electron chi connectivity index (χ4n) is 3.34. The molecule has 136 valence electrons. The summed E-state index contributed by atoms with van der Waals surface area (Å²) in [5.74, 6) is -0.112. The van der Waals surface area contributed by atoms with E-state index in [0.29, 0.717) is 18.7 Å². The van der Waals surface area contributed by atoms with Gasteiger partial charge in [-0.05, 0) is 63.0 Å². The number of hydrogen-bond acceptors (Lipinski definition) is 4. The predicted molar refractivity (Wildman–Crippen MR) is 96.7 cm³/mol. The van der Waals surface area contributed by atoms with E-state index in [1.54, 1.807) is 24.3 Å². The summed E-state index contributed by atoms with van der Waals surface area (Å²) in [5, 5.41) is 5.80. The van der Waals surface area contributed by atoms with Crippen LogP contribution in [0, 0.1) is 0 Å². The first-order chi connectivity index (χ1) is 12.2. The van der Waals surface area contributed by atoms with E-state index >= 15 is 0 Å². The maximum absolute atomic E-state index is 12.1. The molecule has 1 unspecified atom stereocenters. The van der Waals surface area contributed by atoms with Crippen LogP contribution in [0.3, 0.4) is 0 Å². The zero-order chi connectivity index (χ0) is 17.5. The Balaban J connectivity index is 1.44. The molecular formula is C19H27N3O3. The van der Waals surface area contributed by atoms with Crippen LogP contribution >= 0.6 is 0 Å². The van der Waals surface area contributed by atoms with E-state index in [4.69, 9.17) is 4.74 Å². The van der Waals surface area contributed by atoms with Crippen LogP contribution in [-0.2, 0) is 9.53 Å². The lowest BCUT2D eigenvalue weighted by molar-refractivity contribution is -0.117. The van der Waals surface area contributed by atoms with Crippen molar-refractivity contribution in [1.82, 2.24) is 10.2 Å². The van der Waals surface area contributed by atoms with Crippen molar-refractivity contribution in [3.63, 3.8) is 0 Å². The Labute approximate surface area is 148 Å². The van der Waals surface area contributed by atoms with Gasteiger partial charge in [0.2, 0.25) is 5.91 Å². The van der Waals surface area contributed by atoms with E-state index in [2.05, 4.69) is 15.5 Å². The molecule has 2 amide bonds. The van der Waals surface area contributed by atoms with E-state index in [9.17, 15) is 9.59 Å². The SMILES string of the molecule is O=C(CN1CCCCC1)Nc1ccc(C(=O)NCC2CCCO2)cc1. The molecule has 2 heterocycles. The van der Waals surface area contributed by atoms with Crippen LogP contribution in [0.15, 0.2) is 24.3 Å². The first-order valence-electron chi connectivity index (χ1n) is 9.23. The average molecular weight is 345 g/mol. The topological polar surface area (TPSA) is 70.7 Å². The molecule has 2 aliphatic heterocycles. The van der Waals surface area contributed by atoms with Crippen molar-refractivity contribution >= 4 is 17.5 Å². The number of amides is 2. The molecule has 0 saturated carbocycles. The van der Waals surface area contributed by atoms with Crippen LogP contribution in [0.4, 0.5) is 5.69 Å². The van der Waals surface area contributed by atoms with Crippen LogP contribution < -0.4 is 10.6 Å². The van der Waals surface area contributed by atoms with Gasteiger partial charge in [-0.15, -0.1) is 0 Å². The number of carbonyl (C=O) groups excluding carboxylic acids is 2. The Hall–Kier alpha value is -1.92. The molecule has 1 aromatic rings. The molecule has 1 atom stereocenters. The highest BCUT2D eigenvalue weighted by atomic mass is 16.5. The second kappa shape index (κ2) is 8.97. The van der Waals surface area contributed by atoms with Gasteiger partial charge in [-0.3, -0.25) is 14.5 Å². The molecule has 2 saturated heterocycles. The molecular weight excluding hydrogens is 318 g/mol. The maximum atomic E-state index is 12.1. The third-order valence-electron chi connectivity index (χ3n) is 4.76. The van der Waals surface area contributed by atoms with Gasteiger partial charge in [0.15, 0.2) is 0 Å². The number of nitrogens with one attached hydrogen (secondary N) is 2. The fourth-order valence-corrected chi connectivity index (χ4v) is 3.34. The van der Waals surface area contributed by atoms with Crippen molar-refractivity contribution < 1.29 is 14.3 Å². The summed E-state index contributed by atoms with van der Waals surface area (Å²) in [6, 6.07) is 7.02. The molecule has 2 fully saturated rings. The summed E-state index contributed by atoms with van der Waals surface area (Å²) in [6.45, 7) is 3.76. The molecule has 0 bridgehead atoms. The Morgan fingerprint density at radius 2 is 1.84 bits per heavy atom. The van der Waals surface area contributed by atoms with E-state index < -0.39 is 0 Å².